The van der Waals surface area contributed by atoms with Crippen molar-refractivity contribution in [3.63, 3.8) is 0 Å². The van der Waals surface area contributed by atoms with Gasteiger partial charge in [0.2, 0.25) is 5.91 Å². The van der Waals surface area contributed by atoms with Crippen molar-refractivity contribution < 1.29 is 4.79 Å². The predicted molar refractivity (Wildman–Crippen MR) is 76.3 cm³/mol. The summed E-state index contributed by atoms with van der Waals surface area (Å²) in [5.74, 6) is 1.51. The standard InChI is InChI=1S/C14H26BrNO/c1-11(14(2,3)4)9-13(17)16-8-6-12(10-16)5-7-15/h11-12H,5-10H2,1-4H3. The molecule has 0 saturated carbocycles. The van der Waals surface area contributed by atoms with Crippen molar-refractivity contribution in [2.45, 2.75) is 47.0 Å². The van der Waals surface area contributed by atoms with Crippen LogP contribution in [0.25, 0.3) is 0 Å². The number of halogens is 1. The summed E-state index contributed by atoms with van der Waals surface area (Å²) >= 11 is 3.48. The number of likely N-dealkylation sites (tertiary alicyclic amines) is 1. The van der Waals surface area contributed by atoms with E-state index in [1.165, 1.54) is 12.8 Å². The van der Waals surface area contributed by atoms with Gasteiger partial charge in [0.25, 0.3) is 0 Å². The quantitative estimate of drug-likeness (QED) is 0.725. The molecule has 1 heterocycles. The smallest absolute Gasteiger partial charge is 0.222 e. The van der Waals surface area contributed by atoms with E-state index >= 15 is 0 Å². The molecule has 1 rings (SSSR count). The number of hydrogen-bond donors (Lipinski definition) is 0. The molecule has 2 nitrogen and oxygen atoms in total. The van der Waals surface area contributed by atoms with Crippen molar-refractivity contribution >= 4 is 21.8 Å². The van der Waals surface area contributed by atoms with Gasteiger partial charge in [0.15, 0.2) is 0 Å². The molecule has 2 unspecified atom stereocenters. The van der Waals surface area contributed by atoms with Gasteiger partial charge in [-0.25, -0.2) is 0 Å². The van der Waals surface area contributed by atoms with Gasteiger partial charge in [-0.05, 0) is 30.1 Å². The Balaban J connectivity index is 2.39. The molecule has 1 amide bonds. The van der Waals surface area contributed by atoms with E-state index in [4.69, 9.17) is 0 Å². The van der Waals surface area contributed by atoms with E-state index in [0.717, 1.165) is 18.4 Å². The number of rotatable bonds is 4. The van der Waals surface area contributed by atoms with E-state index in [9.17, 15) is 4.79 Å². The summed E-state index contributed by atoms with van der Waals surface area (Å²) in [6.45, 7) is 10.8. The zero-order valence-corrected chi connectivity index (χ0v) is 13.2. The number of carbonyl (C=O) groups is 1. The highest BCUT2D eigenvalue weighted by Crippen LogP contribution is 2.29. The first-order valence-corrected chi connectivity index (χ1v) is 7.80. The lowest BCUT2D eigenvalue weighted by Gasteiger charge is -2.28. The largest absolute Gasteiger partial charge is 0.342 e. The molecule has 0 aromatic carbocycles. The molecular weight excluding hydrogens is 278 g/mol. The van der Waals surface area contributed by atoms with Gasteiger partial charge in [0, 0.05) is 24.8 Å². The maximum atomic E-state index is 12.2. The lowest BCUT2D eigenvalue weighted by molar-refractivity contribution is -0.132. The average molecular weight is 304 g/mol. The van der Waals surface area contributed by atoms with Crippen molar-refractivity contribution in [2.75, 3.05) is 18.4 Å². The minimum absolute atomic E-state index is 0.227. The predicted octanol–water partition coefficient (Wildman–Crippen LogP) is 3.69. The van der Waals surface area contributed by atoms with E-state index in [0.29, 0.717) is 24.2 Å². The molecule has 17 heavy (non-hydrogen) atoms. The fraction of sp³-hybridized carbons (Fsp3) is 0.929. The molecule has 0 aromatic heterocycles. The van der Waals surface area contributed by atoms with E-state index in [1.807, 2.05) is 0 Å². The number of carbonyl (C=O) groups excluding carboxylic acids is 1. The molecule has 1 saturated heterocycles. The van der Waals surface area contributed by atoms with Gasteiger partial charge < -0.3 is 4.90 Å². The Hall–Kier alpha value is -0.0500. The van der Waals surface area contributed by atoms with E-state index in [1.54, 1.807) is 0 Å². The molecule has 0 aromatic rings. The molecule has 0 N–H and O–H groups in total. The molecule has 100 valence electrons. The average Bonchev–Trinajstić information content (AvgIpc) is 2.65. The Morgan fingerprint density at radius 3 is 2.65 bits per heavy atom. The van der Waals surface area contributed by atoms with Crippen LogP contribution in [0, 0.1) is 17.3 Å². The maximum Gasteiger partial charge on any atom is 0.222 e. The zero-order valence-electron chi connectivity index (χ0n) is 11.6. The van der Waals surface area contributed by atoms with Crippen LogP contribution in [0.2, 0.25) is 0 Å². The molecule has 1 aliphatic heterocycles. The number of amides is 1. The molecular formula is C14H26BrNO. The van der Waals surface area contributed by atoms with Crippen molar-refractivity contribution in [3.05, 3.63) is 0 Å². The second kappa shape index (κ2) is 6.21. The number of nitrogens with zero attached hydrogens (tertiary/aromatic N) is 1. The molecule has 1 fully saturated rings. The lowest BCUT2D eigenvalue weighted by Crippen LogP contribution is -2.32. The van der Waals surface area contributed by atoms with E-state index in [2.05, 4.69) is 48.5 Å². The molecule has 0 spiro atoms. The van der Waals surface area contributed by atoms with Gasteiger partial charge in [0.1, 0.15) is 0 Å². The molecule has 3 heteroatoms. The van der Waals surface area contributed by atoms with Gasteiger partial charge in [-0.15, -0.1) is 0 Å². The third kappa shape index (κ3) is 4.61. The Kier molecular flexibility index (Phi) is 5.49. The molecule has 2 atom stereocenters. The van der Waals surface area contributed by atoms with Gasteiger partial charge >= 0.3 is 0 Å². The highest BCUT2D eigenvalue weighted by molar-refractivity contribution is 9.09. The Bertz CT molecular complexity index is 259. The molecule has 1 aliphatic rings. The van der Waals surface area contributed by atoms with Crippen LogP contribution in [0.4, 0.5) is 0 Å². The van der Waals surface area contributed by atoms with Crippen molar-refractivity contribution in [2.24, 2.45) is 17.3 Å². The fourth-order valence-corrected chi connectivity index (χ4v) is 2.79. The Morgan fingerprint density at radius 1 is 1.47 bits per heavy atom. The van der Waals surface area contributed by atoms with Crippen LogP contribution in [0.15, 0.2) is 0 Å². The van der Waals surface area contributed by atoms with Crippen molar-refractivity contribution in [3.8, 4) is 0 Å². The molecule has 0 radical (unpaired) electrons. The van der Waals surface area contributed by atoms with Crippen LogP contribution in [0.5, 0.6) is 0 Å². The zero-order chi connectivity index (χ0) is 13.1. The summed E-state index contributed by atoms with van der Waals surface area (Å²) in [7, 11) is 0. The van der Waals surface area contributed by atoms with Gasteiger partial charge in [-0.2, -0.15) is 0 Å². The maximum absolute atomic E-state index is 12.2. The van der Waals surface area contributed by atoms with E-state index in [-0.39, 0.29) is 5.41 Å². The first kappa shape index (κ1) is 15.0. The van der Waals surface area contributed by atoms with Gasteiger partial charge in [-0.3, -0.25) is 4.79 Å². The summed E-state index contributed by atoms with van der Waals surface area (Å²) in [6, 6.07) is 0. The van der Waals surface area contributed by atoms with Gasteiger partial charge in [0.05, 0.1) is 0 Å². The number of hydrogen-bond acceptors (Lipinski definition) is 1. The first-order valence-electron chi connectivity index (χ1n) is 6.68. The highest BCUT2D eigenvalue weighted by atomic mass is 79.9. The monoisotopic (exact) mass is 303 g/mol. The SMILES string of the molecule is CC(CC(=O)N1CCC(CCBr)C1)C(C)(C)C. The third-order valence-electron chi connectivity index (χ3n) is 4.12. The van der Waals surface area contributed by atoms with Crippen LogP contribution >= 0.6 is 15.9 Å². The number of alkyl halides is 1. The summed E-state index contributed by atoms with van der Waals surface area (Å²) in [5.41, 5.74) is 0.227. The second-order valence-electron chi connectivity index (χ2n) is 6.44. The first-order chi connectivity index (χ1) is 7.84. The summed E-state index contributed by atoms with van der Waals surface area (Å²) < 4.78 is 0. The summed E-state index contributed by atoms with van der Waals surface area (Å²) in [5, 5.41) is 1.05. The third-order valence-corrected chi connectivity index (χ3v) is 4.57. The molecule has 0 bridgehead atoms. The van der Waals surface area contributed by atoms with Crippen molar-refractivity contribution in [1.82, 2.24) is 4.90 Å². The van der Waals surface area contributed by atoms with Crippen LogP contribution in [0.3, 0.4) is 0 Å². The minimum Gasteiger partial charge on any atom is -0.342 e. The van der Waals surface area contributed by atoms with E-state index < -0.39 is 0 Å². The fourth-order valence-electron chi connectivity index (χ4n) is 2.15. The van der Waals surface area contributed by atoms with Crippen LogP contribution in [-0.2, 0) is 4.79 Å². The van der Waals surface area contributed by atoms with Crippen molar-refractivity contribution in [1.29, 1.82) is 0 Å². The normalized spacial score (nSPS) is 22.9. The second-order valence-corrected chi connectivity index (χ2v) is 7.24. The Morgan fingerprint density at radius 2 is 2.12 bits per heavy atom. The van der Waals surface area contributed by atoms with Crippen LogP contribution < -0.4 is 0 Å². The lowest BCUT2D eigenvalue weighted by atomic mass is 9.80. The topological polar surface area (TPSA) is 20.3 Å². The summed E-state index contributed by atoms with van der Waals surface area (Å²) in [4.78, 5) is 14.2. The summed E-state index contributed by atoms with van der Waals surface area (Å²) in [6.07, 6.45) is 3.07. The molecule has 0 aliphatic carbocycles. The highest BCUT2D eigenvalue weighted by Gasteiger charge is 2.29. The van der Waals surface area contributed by atoms with Gasteiger partial charge in [-0.1, -0.05) is 43.6 Å². The minimum atomic E-state index is 0.227. The van der Waals surface area contributed by atoms with Crippen LogP contribution in [0.1, 0.15) is 47.0 Å². The van der Waals surface area contributed by atoms with Crippen LogP contribution in [-0.4, -0.2) is 29.2 Å². The Labute approximate surface area is 114 Å².